The van der Waals surface area contributed by atoms with Gasteiger partial charge in [-0.25, -0.2) is 0 Å². The van der Waals surface area contributed by atoms with Crippen LogP contribution in [-0.4, -0.2) is 31.7 Å². The molecule has 2 rings (SSSR count). The monoisotopic (exact) mass is 334 g/mol. The van der Waals surface area contributed by atoms with Gasteiger partial charge in [0.2, 0.25) is 0 Å². The normalized spacial score (nSPS) is 13.7. The van der Waals surface area contributed by atoms with Gasteiger partial charge >= 0.3 is 5.97 Å². The van der Waals surface area contributed by atoms with Crippen molar-refractivity contribution in [1.82, 2.24) is 0 Å². The molecule has 0 saturated carbocycles. The van der Waals surface area contributed by atoms with Gasteiger partial charge in [-0.3, -0.25) is 4.79 Å². The minimum Gasteiger partial charge on any atom is -0.463 e. The standard InChI is InChI=1S/C19H23ClO3/c1-3-19(2,18(21)23-14-13-22-12-11-20)17-10-6-8-15-7-4-5-9-16(15)17/h4-10H,3,11-14H2,1-2H3. The summed E-state index contributed by atoms with van der Waals surface area (Å²) in [5.74, 6) is 0.224. The highest BCUT2D eigenvalue weighted by molar-refractivity contribution is 6.17. The van der Waals surface area contributed by atoms with Crippen molar-refractivity contribution >= 4 is 28.3 Å². The van der Waals surface area contributed by atoms with E-state index in [0.717, 1.165) is 16.3 Å². The molecule has 1 unspecified atom stereocenters. The number of hydrogen-bond acceptors (Lipinski definition) is 3. The van der Waals surface area contributed by atoms with Gasteiger partial charge in [-0.15, -0.1) is 11.6 Å². The van der Waals surface area contributed by atoms with Gasteiger partial charge in [0.15, 0.2) is 0 Å². The lowest BCUT2D eigenvalue weighted by Gasteiger charge is -2.28. The Balaban J connectivity index is 2.20. The molecule has 0 N–H and O–H groups in total. The first-order chi connectivity index (χ1) is 11.1. The number of carbonyl (C=O) groups excluding carboxylic acids is 1. The Bertz CT molecular complexity index is 651. The average Bonchev–Trinajstić information content (AvgIpc) is 2.60. The van der Waals surface area contributed by atoms with E-state index in [1.54, 1.807) is 0 Å². The van der Waals surface area contributed by atoms with E-state index in [0.29, 0.717) is 25.5 Å². The Kier molecular flexibility index (Phi) is 6.43. The molecule has 2 aromatic rings. The molecule has 0 aromatic heterocycles. The Hall–Kier alpha value is -1.58. The number of rotatable bonds is 8. The Morgan fingerprint density at radius 1 is 1.09 bits per heavy atom. The molecule has 0 heterocycles. The number of benzene rings is 2. The first-order valence-corrected chi connectivity index (χ1v) is 8.46. The van der Waals surface area contributed by atoms with Crippen molar-refractivity contribution in [2.75, 3.05) is 25.7 Å². The van der Waals surface area contributed by atoms with E-state index in [1.807, 2.05) is 38.1 Å². The topological polar surface area (TPSA) is 35.5 Å². The van der Waals surface area contributed by atoms with E-state index in [2.05, 4.69) is 18.2 Å². The SMILES string of the molecule is CCC(C)(C(=O)OCCOCCCl)c1cccc2ccccc12. The molecule has 0 radical (unpaired) electrons. The summed E-state index contributed by atoms with van der Waals surface area (Å²) in [6.07, 6.45) is 0.669. The fraction of sp³-hybridized carbons (Fsp3) is 0.421. The number of esters is 1. The summed E-state index contributed by atoms with van der Waals surface area (Å²) in [6, 6.07) is 14.2. The first-order valence-electron chi connectivity index (χ1n) is 7.92. The van der Waals surface area contributed by atoms with Crippen LogP contribution in [0.3, 0.4) is 0 Å². The number of halogens is 1. The molecule has 0 spiro atoms. The number of ether oxygens (including phenoxy) is 2. The van der Waals surface area contributed by atoms with Gasteiger partial charge in [-0.1, -0.05) is 49.4 Å². The fourth-order valence-electron chi connectivity index (χ4n) is 2.66. The zero-order chi connectivity index (χ0) is 16.7. The second-order valence-electron chi connectivity index (χ2n) is 5.65. The lowest BCUT2D eigenvalue weighted by molar-refractivity contribution is -0.151. The van der Waals surface area contributed by atoms with Gasteiger partial charge in [0, 0.05) is 5.88 Å². The predicted octanol–water partition coefficient (Wildman–Crippen LogP) is 4.31. The van der Waals surface area contributed by atoms with Gasteiger partial charge in [0.05, 0.1) is 18.6 Å². The number of fused-ring (bicyclic) bond motifs is 1. The molecule has 124 valence electrons. The number of alkyl halides is 1. The predicted molar refractivity (Wildman–Crippen MR) is 94.1 cm³/mol. The molecule has 1 atom stereocenters. The molecule has 23 heavy (non-hydrogen) atoms. The third kappa shape index (κ3) is 4.04. The maximum Gasteiger partial charge on any atom is 0.316 e. The second-order valence-corrected chi connectivity index (χ2v) is 6.03. The van der Waals surface area contributed by atoms with Crippen LogP contribution in [-0.2, 0) is 19.7 Å². The number of hydrogen-bond donors (Lipinski definition) is 0. The van der Waals surface area contributed by atoms with Gasteiger partial charge in [0.1, 0.15) is 6.61 Å². The minimum atomic E-state index is -0.673. The first kappa shape index (κ1) is 17.8. The highest BCUT2D eigenvalue weighted by Gasteiger charge is 2.36. The molecular weight excluding hydrogens is 312 g/mol. The van der Waals surface area contributed by atoms with Crippen molar-refractivity contribution in [3.63, 3.8) is 0 Å². The van der Waals surface area contributed by atoms with Gasteiger partial charge in [0.25, 0.3) is 0 Å². The third-order valence-corrected chi connectivity index (χ3v) is 4.38. The van der Waals surface area contributed by atoms with Crippen molar-refractivity contribution in [3.05, 3.63) is 48.0 Å². The van der Waals surface area contributed by atoms with E-state index in [-0.39, 0.29) is 12.6 Å². The highest BCUT2D eigenvalue weighted by atomic mass is 35.5. The van der Waals surface area contributed by atoms with Crippen LogP contribution in [0.1, 0.15) is 25.8 Å². The van der Waals surface area contributed by atoms with E-state index in [1.165, 1.54) is 0 Å². The molecule has 0 fully saturated rings. The van der Waals surface area contributed by atoms with Crippen molar-refractivity contribution in [2.45, 2.75) is 25.7 Å². The van der Waals surface area contributed by atoms with Crippen LogP contribution in [0.5, 0.6) is 0 Å². The Morgan fingerprint density at radius 2 is 1.83 bits per heavy atom. The van der Waals surface area contributed by atoms with Gasteiger partial charge in [-0.05, 0) is 29.7 Å². The Morgan fingerprint density at radius 3 is 2.57 bits per heavy atom. The van der Waals surface area contributed by atoms with Crippen molar-refractivity contribution in [3.8, 4) is 0 Å². The fourth-order valence-corrected chi connectivity index (χ4v) is 2.77. The van der Waals surface area contributed by atoms with E-state index in [4.69, 9.17) is 21.1 Å². The maximum atomic E-state index is 12.7. The van der Waals surface area contributed by atoms with Crippen molar-refractivity contribution in [1.29, 1.82) is 0 Å². The summed E-state index contributed by atoms with van der Waals surface area (Å²) in [5.41, 5.74) is 0.331. The summed E-state index contributed by atoms with van der Waals surface area (Å²) >= 11 is 5.54. The van der Waals surface area contributed by atoms with Crippen LogP contribution in [0.25, 0.3) is 10.8 Å². The largest absolute Gasteiger partial charge is 0.463 e. The quantitative estimate of drug-likeness (QED) is 0.410. The third-order valence-electron chi connectivity index (χ3n) is 4.22. The van der Waals surface area contributed by atoms with Crippen LogP contribution in [0.15, 0.2) is 42.5 Å². The minimum absolute atomic E-state index is 0.217. The van der Waals surface area contributed by atoms with Crippen LogP contribution in [0.4, 0.5) is 0 Å². The molecule has 0 amide bonds. The summed E-state index contributed by atoms with van der Waals surface area (Å²) < 4.78 is 10.7. The summed E-state index contributed by atoms with van der Waals surface area (Å²) in [4.78, 5) is 12.7. The molecule has 3 nitrogen and oxygen atoms in total. The molecule has 0 aliphatic rings. The molecule has 0 saturated heterocycles. The Labute approximate surface area is 142 Å². The highest BCUT2D eigenvalue weighted by Crippen LogP contribution is 2.34. The molecule has 2 aromatic carbocycles. The van der Waals surface area contributed by atoms with Crippen LogP contribution >= 0.6 is 11.6 Å². The molecule has 0 bridgehead atoms. The maximum absolute atomic E-state index is 12.7. The second kappa shape index (κ2) is 8.32. The van der Waals surface area contributed by atoms with Crippen LogP contribution in [0.2, 0.25) is 0 Å². The lowest BCUT2D eigenvalue weighted by atomic mass is 9.78. The van der Waals surface area contributed by atoms with Gasteiger partial charge < -0.3 is 9.47 Å². The molecule has 4 heteroatoms. The van der Waals surface area contributed by atoms with Crippen LogP contribution in [0, 0.1) is 0 Å². The summed E-state index contributed by atoms with van der Waals surface area (Å²) in [7, 11) is 0. The molecule has 0 aliphatic carbocycles. The average molecular weight is 335 g/mol. The number of carbonyl (C=O) groups is 1. The van der Waals surface area contributed by atoms with Crippen molar-refractivity contribution in [2.24, 2.45) is 0 Å². The summed E-state index contributed by atoms with van der Waals surface area (Å²) in [5, 5.41) is 2.22. The summed E-state index contributed by atoms with van der Waals surface area (Å²) in [6.45, 7) is 5.03. The van der Waals surface area contributed by atoms with E-state index >= 15 is 0 Å². The zero-order valence-electron chi connectivity index (χ0n) is 13.7. The smallest absolute Gasteiger partial charge is 0.316 e. The van der Waals surface area contributed by atoms with Crippen molar-refractivity contribution < 1.29 is 14.3 Å². The molecular formula is C19H23ClO3. The molecule has 0 aliphatic heterocycles. The van der Waals surface area contributed by atoms with Crippen LogP contribution < -0.4 is 0 Å². The zero-order valence-corrected chi connectivity index (χ0v) is 14.4. The van der Waals surface area contributed by atoms with E-state index < -0.39 is 5.41 Å². The van der Waals surface area contributed by atoms with E-state index in [9.17, 15) is 4.79 Å². The van der Waals surface area contributed by atoms with Gasteiger partial charge in [-0.2, -0.15) is 0 Å². The lowest BCUT2D eigenvalue weighted by Crippen LogP contribution is -2.34.